The Labute approximate surface area is 148 Å². The first-order chi connectivity index (χ1) is 11.8. The average Bonchev–Trinajstić information content (AvgIpc) is 2.91. The highest BCUT2D eigenvalue weighted by Crippen LogP contribution is 2.35. The Morgan fingerprint density at radius 1 is 1.08 bits per heavy atom. The lowest BCUT2D eigenvalue weighted by molar-refractivity contribution is 0.553. The van der Waals surface area contributed by atoms with Gasteiger partial charge in [0.2, 0.25) is 0 Å². The zero-order valence-electron chi connectivity index (χ0n) is 15.3. The zero-order valence-corrected chi connectivity index (χ0v) is 15.3. The maximum Gasteiger partial charge on any atom is 0.123 e. The van der Waals surface area contributed by atoms with Gasteiger partial charge in [-0.1, -0.05) is 44.5 Å². The van der Waals surface area contributed by atoms with Crippen LogP contribution in [0.25, 0.3) is 10.9 Å². The molecule has 2 heterocycles. The summed E-state index contributed by atoms with van der Waals surface area (Å²) in [5.74, 6) is -0.171. The molecule has 3 aromatic rings. The second-order valence-corrected chi connectivity index (χ2v) is 8.23. The van der Waals surface area contributed by atoms with Crippen LogP contribution in [0.15, 0.2) is 36.4 Å². The third kappa shape index (κ3) is 2.87. The van der Waals surface area contributed by atoms with Crippen LogP contribution < -0.4 is 5.32 Å². The Balaban J connectivity index is 1.87. The van der Waals surface area contributed by atoms with Crippen molar-refractivity contribution in [1.82, 2.24) is 10.3 Å². The van der Waals surface area contributed by atoms with Crippen molar-refractivity contribution in [2.75, 3.05) is 6.54 Å². The molecule has 0 saturated heterocycles. The number of aromatic amines is 1. The van der Waals surface area contributed by atoms with Crippen LogP contribution >= 0.6 is 0 Å². The summed E-state index contributed by atoms with van der Waals surface area (Å²) in [6.45, 7) is 9.80. The Morgan fingerprint density at radius 2 is 1.88 bits per heavy atom. The molecule has 0 saturated carbocycles. The van der Waals surface area contributed by atoms with E-state index in [1.165, 1.54) is 34.0 Å². The normalized spacial score (nSPS) is 17.7. The van der Waals surface area contributed by atoms with E-state index in [0.29, 0.717) is 0 Å². The van der Waals surface area contributed by atoms with Crippen molar-refractivity contribution in [3.05, 3.63) is 70.2 Å². The van der Waals surface area contributed by atoms with Gasteiger partial charge in [0.25, 0.3) is 0 Å². The SMILES string of the molecule is Cc1cc(C2NCCc3c2[nH]c2ccc(F)cc32)cc(C(C)(C)C)c1. The maximum atomic E-state index is 13.7. The Morgan fingerprint density at radius 3 is 2.64 bits per heavy atom. The first-order valence-corrected chi connectivity index (χ1v) is 8.98. The molecule has 2 N–H and O–H groups in total. The topological polar surface area (TPSA) is 27.8 Å². The summed E-state index contributed by atoms with van der Waals surface area (Å²) in [5.41, 5.74) is 7.45. The summed E-state index contributed by atoms with van der Waals surface area (Å²) in [7, 11) is 0. The van der Waals surface area contributed by atoms with Crippen molar-refractivity contribution in [2.45, 2.75) is 45.6 Å². The van der Waals surface area contributed by atoms with E-state index in [1.54, 1.807) is 6.07 Å². The third-order valence-corrected chi connectivity index (χ3v) is 5.21. The fourth-order valence-electron chi connectivity index (χ4n) is 3.90. The highest BCUT2D eigenvalue weighted by atomic mass is 19.1. The van der Waals surface area contributed by atoms with E-state index in [1.807, 2.05) is 6.07 Å². The molecule has 2 aromatic carbocycles. The Bertz CT molecular complexity index is 947. The minimum Gasteiger partial charge on any atom is -0.357 e. The van der Waals surface area contributed by atoms with Gasteiger partial charge in [0, 0.05) is 23.1 Å². The van der Waals surface area contributed by atoms with Crippen LogP contribution in [-0.2, 0) is 11.8 Å². The van der Waals surface area contributed by atoms with E-state index in [4.69, 9.17) is 0 Å². The van der Waals surface area contributed by atoms with E-state index in [9.17, 15) is 4.39 Å². The molecule has 0 bridgehead atoms. The van der Waals surface area contributed by atoms with Gasteiger partial charge in [0.1, 0.15) is 5.82 Å². The minimum absolute atomic E-state index is 0.113. The molecule has 0 amide bonds. The van der Waals surface area contributed by atoms with Crippen LogP contribution in [0, 0.1) is 12.7 Å². The molecule has 2 nitrogen and oxygen atoms in total. The van der Waals surface area contributed by atoms with Crippen LogP contribution in [0.3, 0.4) is 0 Å². The standard InChI is InChI=1S/C22H25FN2/c1-13-9-14(11-15(10-13)22(2,3)4)20-21-17(7-8-24-20)18-12-16(23)5-6-19(18)25-21/h5-6,9-12,20,24-25H,7-8H2,1-4H3. The van der Waals surface area contributed by atoms with E-state index in [-0.39, 0.29) is 17.3 Å². The van der Waals surface area contributed by atoms with Crippen LogP contribution in [-0.4, -0.2) is 11.5 Å². The molecule has 0 spiro atoms. The number of aryl methyl sites for hydroxylation is 1. The highest BCUT2D eigenvalue weighted by Gasteiger charge is 2.26. The van der Waals surface area contributed by atoms with Gasteiger partial charge in [0.15, 0.2) is 0 Å². The summed E-state index contributed by atoms with van der Waals surface area (Å²) in [6.07, 6.45) is 0.924. The van der Waals surface area contributed by atoms with Crippen LogP contribution in [0.2, 0.25) is 0 Å². The van der Waals surface area contributed by atoms with Gasteiger partial charge in [-0.05, 0) is 53.6 Å². The third-order valence-electron chi connectivity index (χ3n) is 5.21. The molecule has 1 aliphatic rings. The summed E-state index contributed by atoms with van der Waals surface area (Å²) in [5, 5.41) is 4.67. The van der Waals surface area contributed by atoms with Gasteiger partial charge in [-0.25, -0.2) is 4.39 Å². The lowest BCUT2D eigenvalue weighted by Crippen LogP contribution is -2.30. The van der Waals surface area contributed by atoms with Crippen molar-refractivity contribution in [1.29, 1.82) is 0 Å². The number of benzene rings is 2. The fourth-order valence-corrected chi connectivity index (χ4v) is 3.90. The number of rotatable bonds is 1. The molecule has 1 unspecified atom stereocenters. The predicted molar refractivity (Wildman–Crippen MR) is 102 cm³/mol. The number of halogens is 1. The van der Waals surface area contributed by atoms with Crippen molar-refractivity contribution < 1.29 is 4.39 Å². The van der Waals surface area contributed by atoms with E-state index < -0.39 is 0 Å². The molecule has 130 valence electrons. The van der Waals surface area contributed by atoms with Crippen molar-refractivity contribution in [3.8, 4) is 0 Å². The van der Waals surface area contributed by atoms with E-state index >= 15 is 0 Å². The van der Waals surface area contributed by atoms with Crippen LogP contribution in [0.5, 0.6) is 0 Å². The van der Waals surface area contributed by atoms with E-state index in [0.717, 1.165) is 23.9 Å². The molecule has 1 atom stereocenters. The molecule has 4 rings (SSSR count). The zero-order chi connectivity index (χ0) is 17.8. The minimum atomic E-state index is -0.171. The summed E-state index contributed by atoms with van der Waals surface area (Å²) < 4.78 is 13.7. The van der Waals surface area contributed by atoms with Gasteiger partial charge >= 0.3 is 0 Å². The molecule has 0 radical (unpaired) electrons. The van der Waals surface area contributed by atoms with Crippen molar-refractivity contribution in [3.63, 3.8) is 0 Å². The van der Waals surface area contributed by atoms with Gasteiger partial charge in [0.05, 0.1) is 6.04 Å². The molecule has 3 heteroatoms. The Kier molecular flexibility index (Phi) is 3.73. The summed E-state index contributed by atoms with van der Waals surface area (Å²) in [6, 6.07) is 12.0. The first kappa shape index (κ1) is 16.3. The van der Waals surface area contributed by atoms with Gasteiger partial charge in [-0.3, -0.25) is 0 Å². The van der Waals surface area contributed by atoms with Crippen molar-refractivity contribution in [2.24, 2.45) is 0 Å². The number of fused-ring (bicyclic) bond motifs is 3. The van der Waals surface area contributed by atoms with Crippen LogP contribution in [0.4, 0.5) is 4.39 Å². The monoisotopic (exact) mass is 336 g/mol. The fraction of sp³-hybridized carbons (Fsp3) is 0.364. The van der Waals surface area contributed by atoms with Gasteiger partial charge < -0.3 is 10.3 Å². The smallest absolute Gasteiger partial charge is 0.123 e. The first-order valence-electron chi connectivity index (χ1n) is 8.98. The molecule has 0 fully saturated rings. The van der Waals surface area contributed by atoms with Crippen molar-refractivity contribution >= 4 is 10.9 Å². The predicted octanol–water partition coefficient (Wildman–Crippen LogP) is 5.15. The second kappa shape index (κ2) is 5.70. The van der Waals surface area contributed by atoms with E-state index in [2.05, 4.69) is 56.2 Å². The Hall–Kier alpha value is -2.13. The largest absolute Gasteiger partial charge is 0.357 e. The molecular weight excluding hydrogens is 311 g/mol. The number of hydrogen-bond donors (Lipinski definition) is 2. The summed E-state index contributed by atoms with van der Waals surface area (Å²) >= 11 is 0. The average molecular weight is 336 g/mol. The molecule has 1 aromatic heterocycles. The van der Waals surface area contributed by atoms with Crippen LogP contribution in [0.1, 0.15) is 54.8 Å². The van der Waals surface area contributed by atoms with Gasteiger partial charge in [-0.15, -0.1) is 0 Å². The number of aromatic nitrogens is 1. The lowest BCUT2D eigenvalue weighted by atomic mass is 9.83. The molecule has 25 heavy (non-hydrogen) atoms. The number of hydrogen-bond acceptors (Lipinski definition) is 1. The lowest BCUT2D eigenvalue weighted by Gasteiger charge is -2.27. The number of nitrogens with one attached hydrogen (secondary N) is 2. The highest BCUT2D eigenvalue weighted by molar-refractivity contribution is 5.85. The number of H-pyrrole nitrogens is 1. The van der Waals surface area contributed by atoms with Gasteiger partial charge in [-0.2, -0.15) is 0 Å². The molecule has 0 aliphatic carbocycles. The maximum absolute atomic E-state index is 13.7. The second-order valence-electron chi connectivity index (χ2n) is 8.23. The quantitative estimate of drug-likeness (QED) is 0.632. The molecular formula is C22H25FN2. The summed E-state index contributed by atoms with van der Waals surface area (Å²) in [4.78, 5) is 3.54. The molecule has 1 aliphatic heterocycles.